The van der Waals surface area contributed by atoms with Crippen molar-refractivity contribution in [2.24, 2.45) is 0 Å². The van der Waals surface area contributed by atoms with E-state index in [0.29, 0.717) is 0 Å². The zero-order valence-corrected chi connectivity index (χ0v) is 31.8. The van der Waals surface area contributed by atoms with E-state index in [4.69, 9.17) is 0 Å². The second kappa shape index (κ2) is 14.1. The molecular weight excluding hydrogens is 701 g/mol. The van der Waals surface area contributed by atoms with Gasteiger partial charge in [0.2, 0.25) is 0 Å². The predicted octanol–water partition coefficient (Wildman–Crippen LogP) is 15.6. The first-order chi connectivity index (χ1) is 28.8. The molecule has 0 bridgehead atoms. The molecule has 2 nitrogen and oxygen atoms in total. The fourth-order valence-electron chi connectivity index (χ4n) is 8.86. The summed E-state index contributed by atoms with van der Waals surface area (Å²) in [5, 5.41) is 7.43. The number of fused-ring (bicyclic) bond motifs is 5. The maximum Gasteiger partial charge on any atom is 0.0546 e. The first-order valence-corrected chi connectivity index (χ1v) is 19.9. The third-order valence-corrected chi connectivity index (χ3v) is 11.6. The highest BCUT2D eigenvalue weighted by molar-refractivity contribution is 6.09. The Kier molecular flexibility index (Phi) is 8.19. The number of para-hydroxylation sites is 2. The molecule has 0 aliphatic heterocycles. The minimum absolute atomic E-state index is 1.08. The van der Waals surface area contributed by atoms with Gasteiger partial charge in [-0.25, -0.2) is 0 Å². The number of anilines is 3. The van der Waals surface area contributed by atoms with E-state index in [2.05, 4.69) is 240 Å². The smallest absolute Gasteiger partial charge is 0.0546 e. The molecule has 0 radical (unpaired) electrons. The molecule has 11 rings (SSSR count). The predicted molar refractivity (Wildman–Crippen MR) is 247 cm³/mol. The van der Waals surface area contributed by atoms with Crippen LogP contribution in [-0.2, 0) is 0 Å². The Bertz CT molecular complexity index is 3200. The molecule has 0 aliphatic carbocycles. The summed E-state index contributed by atoms with van der Waals surface area (Å²) in [6.45, 7) is 0. The van der Waals surface area contributed by atoms with Crippen molar-refractivity contribution in [1.82, 2.24) is 4.57 Å². The maximum atomic E-state index is 2.44. The Balaban J connectivity index is 1.15. The van der Waals surface area contributed by atoms with E-state index >= 15 is 0 Å². The summed E-state index contributed by atoms with van der Waals surface area (Å²) in [4.78, 5) is 2.44. The molecule has 10 aromatic carbocycles. The largest absolute Gasteiger partial charge is 0.310 e. The van der Waals surface area contributed by atoms with Crippen LogP contribution in [0.3, 0.4) is 0 Å². The van der Waals surface area contributed by atoms with Crippen molar-refractivity contribution >= 4 is 60.4 Å². The quantitative estimate of drug-likeness (QED) is 0.158. The monoisotopic (exact) mass is 738 g/mol. The molecule has 0 amide bonds. The van der Waals surface area contributed by atoms with E-state index < -0.39 is 0 Å². The number of aromatic nitrogens is 1. The molecule has 58 heavy (non-hydrogen) atoms. The van der Waals surface area contributed by atoms with E-state index in [1.807, 2.05) is 0 Å². The zero-order chi connectivity index (χ0) is 38.4. The Morgan fingerprint density at radius 2 is 0.759 bits per heavy atom. The molecule has 0 aliphatic rings. The minimum Gasteiger partial charge on any atom is -0.310 e. The molecule has 0 saturated heterocycles. The van der Waals surface area contributed by atoms with Gasteiger partial charge >= 0.3 is 0 Å². The highest BCUT2D eigenvalue weighted by Gasteiger charge is 2.21. The van der Waals surface area contributed by atoms with E-state index in [9.17, 15) is 0 Å². The van der Waals surface area contributed by atoms with Crippen molar-refractivity contribution in [1.29, 1.82) is 0 Å². The lowest BCUT2D eigenvalue weighted by molar-refractivity contribution is 1.17. The summed E-state index contributed by atoms with van der Waals surface area (Å²) in [6, 6.07) is 83.8. The van der Waals surface area contributed by atoms with Crippen LogP contribution >= 0.6 is 0 Å². The zero-order valence-electron chi connectivity index (χ0n) is 31.8. The summed E-state index contributed by atoms with van der Waals surface area (Å²) >= 11 is 0. The average Bonchev–Trinajstić information content (AvgIpc) is 3.64. The first-order valence-electron chi connectivity index (χ1n) is 19.9. The van der Waals surface area contributed by atoms with Crippen molar-refractivity contribution in [2.45, 2.75) is 0 Å². The van der Waals surface area contributed by atoms with Crippen LogP contribution < -0.4 is 4.90 Å². The van der Waals surface area contributed by atoms with Gasteiger partial charge in [0.05, 0.1) is 16.7 Å². The van der Waals surface area contributed by atoms with Crippen LogP contribution in [0.25, 0.3) is 82.4 Å². The first kappa shape index (κ1) is 33.6. The molecule has 11 aromatic rings. The third kappa shape index (κ3) is 5.74. The molecular formula is C56H38N2. The highest BCUT2D eigenvalue weighted by atomic mass is 15.1. The van der Waals surface area contributed by atoms with Crippen molar-refractivity contribution in [3.63, 3.8) is 0 Å². The Morgan fingerprint density at radius 1 is 0.293 bits per heavy atom. The summed E-state index contributed by atoms with van der Waals surface area (Å²) in [7, 11) is 0. The van der Waals surface area contributed by atoms with Crippen molar-refractivity contribution < 1.29 is 0 Å². The van der Waals surface area contributed by atoms with E-state index in [1.54, 1.807) is 0 Å². The fourth-order valence-corrected chi connectivity index (χ4v) is 8.86. The van der Waals surface area contributed by atoms with Crippen LogP contribution in [0.4, 0.5) is 17.1 Å². The molecule has 0 atom stereocenters. The normalized spacial score (nSPS) is 11.4. The average molecular weight is 739 g/mol. The van der Waals surface area contributed by atoms with Gasteiger partial charge in [-0.2, -0.15) is 0 Å². The molecule has 272 valence electrons. The van der Waals surface area contributed by atoms with Crippen molar-refractivity contribution in [3.8, 4) is 39.1 Å². The second-order valence-electron chi connectivity index (χ2n) is 14.9. The van der Waals surface area contributed by atoms with Crippen LogP contribution in [0.2, 0.25) is 0 Å². The number of benzene rings is 10. The Hall–Kier alpha value is -7.68. The van der Waals surface area contributed by atoms with Crippen LogP contribution in [0.1, 0.15) is 0 Å². The molecule has 0 fully saturated rings. The number of nitrogens with zero attached hydrogens (tertiary/aromatic N) is 2. The lowest BCUT2D eigenvalue weighted by Crippen LogP contribution is -2.12. The molecule has 0 N–H and O–H groups in total. The lowest BCUT2D eigenvalue weighted by atomic mass is 9.92. The van der Waals surface area contributed by atoms with Crippen LogP contribution in [0.5, 0.6) is 0 Å². The molecule has 2 heteroatoms. The number of rotatable bonds is 7. The summed E-state index contributed by atoms with van der Waals surface area (Å²) in [5.41, 5.74) is 13.9. The van der Waals surface area contributed by atoms with Gasteiger partial charge in [0.15, 0.2) is 0 Å². The van der Waals surface area contributed by atoms with Gasteiger partial charge in [0, 0.05) is 33.4 Å². The van der Waals surface area contributed by atoms with Crippen LogP contribution in [0, 0.1) is 0 Å². The molecule has 0 spiro atoms. The highest BCUT2D eigenvalue weighted by Crippen LogP contribution is 2.46. The maximum absolute atomic E-state index is 2.44. The van der Waals surface area contributed by atoms with E-state index in [-0.39, 0.29) is 0 Å². The Morgan fingerprint density at radius 3 is 1.40 bits per heavy atom. The minimum atomic E-state index is 1.08. The number of hydrogen-bond donors (Lipinski definition) is 0. The van der Waals surface area contributed by atoms with Crippen LogP contribution in [-0.4, -0.2) is 4.57 Å². The second-order valence-corrected chi connectivity index (χ2v) is 14.9. The molecule has 0 saturated carbocycles. The molecule has 1 heterocycles. The summed E-state index contributed by atoms with van der Waals surface area (Å²) < 4.78 is 2.39. The van der Waals surface area contributed by atoms with Gasteiger partial charge < -0.3 is 9.47 Å². The topological polar surface area (TPSA) is 8.17 Å². The van der Waals surface area contributed by atoms with Gasteiger partial charge in [-0.3, -0.25) is 0 Å². The molecule has 1 aromatic heterocycles. The van der Waals surface area contributed by atoms with E-state index in [1.165, 1.54) is 76.7 Å². The van der Waals surface area contributed by atoms with Gasteiger partial charge in [0.1, 0.15) is 0 Å². The van der Waals surface area contributed by atoms with Gasteiger partial charge in [-0.15, -0.1) is 0 Å². The summed E-state index contributed by atoms with van der Waals surface area (Å²) in [6.07, 6.45) is 0. The van der Waals surface area contributed by atoms with Crippen LogP contribution in [0.15, 0.2) is 231 Å². The summed E-state index contributed by atoms with van der Waals surface area (Å²) in [5.74, 6) is 0. The Labute approximate surface area is 338 Å². The van der Waals surface area contributed by atoms with Crippen molar-refractivity contribution in [3.05, 3.63) is 231 Å². The fraction of sp³-hybridized carbons (Fsp3) is 0. The number of hydrogen-bond acceptors (Lipinski definition) is 1. The van der Waals surface area contributed by atoms with Gasteiger partial charge in [-0.05, 0) is 104 Å². The van der Waals surface area contributed by atoms with Crippen molar-refractivity contribution in [2.75, 3.05) is 4.90 Å². The van der Waals surface area contributed by atoms with E-state index in [0.717, 1.165) is 22.7 Å². The molecule has 0 unspecified atom stereocenters. The van der Waals surface area contributed by atoms with Gasteiger partial charge in [-0.1, -0.05) is 176 Å². The standard InChI is InChI=1S/C56H38N2/c1-2-14-39(15-3-1)40-28-31-44(32-29-40)57(45-33-35-46(36-34-45)58-54-26-10-8-22-51(54)52-23-9-11-27-55(52)58)56-38-43(49-24-12-18-41-16-4-6-20-47(41)49)30-37-53(56)50-25-13-19-42-17-5-7-21-48(42)50/h1-38H. The van der Waals surface area contributed by atoms with Gasteiger partial charge in [0.25, 0.3) is 0 Å². The lowest BCUT2D eigenvalue weighted by Gasteiger charge is -2.29. The third-order valence-electron chi connectivity index (χ3n) is 11.6. The SMILES string of the molecule is c1ccc(-c2ccc(N(c3ccc(-n4c5ccccc5c5ccccc54)cc3)c3cc(-c4cccc5ccccc45)ccc3-c3cccc4ccccc34)cc2)cc1.